The highest BCUT2D eigenvalue weighted by Gasteiger charge is 2.33. The minimum absolute atomic E-state index is 0.218. The topological polar surface area (TPSA) is 24.1 Å². The number of halogens is 5. The zero-order valence-corrected chi connectivity index (χ0v) is 16.5. The van der Waals surface area contributed by atoms with Gasteiger partial charge in [-0.2, -0.15) is 24.9 Å². The summed E-state index contributed by atoms with van der Waals surface area (Å²) in [5.41, 5.74) is 0.360. The lowest BCUT2D eigenvalue weighted by atomic mass is 10.2. The van der Waals surface area contributed by atoms with Gasteiger partial charge in [0.05, 0.1) is 10.6 Å². The quantitative estimate of drug-likeness (QED) is 0.311. The molecule has 0 aliphatic carbocycles. The molecule has 2 aromatic carbocycles. The second kappa shape index (κ2) is 10.1. The Balaban J connectivity index is 1.68. The third-order valence-electron chi connectivity index (χ3n) is 3.46. The minimum atomic E-state index is -4.52. The van der Waals surface area contributed by atoms with Crippen molar-refractivity contribution in [2.75, 3.05) is 17.6 Å². The zero-order valence-electron chi connectivity index (χ0n) is 14.1. The van der Waals surface area contributed by atoms with Gasteiger partial charge in [0.2, 0.25) is 0 Å². The van der Waals surface area contributed by atoms with Crippen molar-refractivity contribution in [2.24, 2.45) is 0 Å². The molecule has 27 heavy (non-hydrogen) atoms. The molecule has 0 fully saturated rings. The average Bonchev–Trinajstić information content (AvgIpc) is 2.60. The van der Waals surface area contributed by atoms with Gasteiger partial charge in [0, 0.05) is 18.0 Å². The molecular weight excluding hydrogens is 420 g/mol. The SMILES string of the molecule is Fc1ccc(CSCCCNC(=S)Nc2ccc(Cl)c(C(F)(F)F)c2)cc1. The Morgan fingerprint density at radius 2 is 1.81 bits per heavy atom. The Hall–Kier alpha value is -1.51. The Morgan fingerprint density at radius 3 is 2.48 bits per heavy atom. The van der Waals surface area contributed by atoms with Crippen LogP contribution in [0.4, 0.5) is 23.2 Å². The first-order valence-electron chi connectivity index (χ1n) is 7.99. The molecule has 0 saturated heterocycles. The molecule has 0 unspecified atom stereocenters. The number of alkyl halides is 3. The molecule has 0 radical (unpaired) electrons. The first-order valence-corrected chi connectivity index (χ1v) is 9.93. The Kier molecular flexibility index (Phi) is 8.19. The van der Waals surface area contributed by atoms with Crippen LogP contribution in [0.5, 0.6) is 0 Å². The van der Waals surface area contributed by atoms with Crippen LogP contribution >= 0.6 is 35.6 Å². The number of anilines is 1. The molecule has 2 aromatic rings. The zero-order chi connectivity index (χ0) is 19.9. The highest BCUT2D eigenvalue weighted by molar-refractivity contribution is 7.98. The van der Waals surface area contributed by atoms with Crippen molar-refractivity contribution in [2.45, 2.75) is 18.3 Å². The Bertz CT molecular complexity index is 767. The van der Waals surface area contributed by atoms with Gasteiger partial charge in [0.1, 0.15) is 5.82 Å². The number of rotatable bonds is 7. The van der Waals surface area contributed by atoms with Crippen LogP contribution in [0.3, 0.4) is 0 Å². The van der Waals surface area contributed by atoms with Gasteiger partial charge in [0.15, 0.2) is 5.11 Å². The molecule has 0 spiro atoms. The maximum atomic E-state index is 12.8. The van der Waals surface area contributed by atoms with Crippen LogP contribution in [-0.4, -0.2) is 17.4 Å². The molecule has 0 heterocycles. The largest absolute Gasteiger partial charge is 0.417 e. The van der Waals surface area contributed by atoms with Crippen LogP contribution in [0.1, 0.15) is 17.5 Å². The first-order chi connectivity index (χ1) is 12.8. The summed E-state index contributed by atoms with van der Waals surface area (Å²) in [5, 5.41) is 5.56. The van der Waals surface area contributed by atoms with Crippen molar-refractivity contribution < 1.29 is 17.6 Å². The van der Waals surface area contributed by atoms with E-state index in [1.165, 1.54) is 24.3 Å². The molecule has 2 rings (SSSR count). The summed E-state index contributed by atoms with van der Waals surface area (Å²) in [6.07, 6.45) is -3.70. The second-order valence-corrected chi connectivity index (χ2v) is 7.53. The van der Waals surface area contributed by atoms with Gasteiger partial charge in [-0.15, -0.1) is 0 Å². The lowest BCUT2D eigenvalue weighted by molar-refractivity contribution is -0.137. The fourth-order valence-electron chi connectivity index (χ4n) is 2.14. The van der Waals surface area contributed by atoms with E-state index in [-0.39, 0.29) is 21.6 Å². The van der Waals surface area contributed by atoms with E-state index in [0.29, 0.717) is 6.54 Å². The van der Waals surface area contributed by atoms with Gasteiger partial charge in [-0.25, -0.2) is 4.39 Å². The molecule has 0 aromatic heterocycles. The fraction of sp³-hybridized carbons (Fsp3) is 0.278. The average molecular weight is 437 g/mol. The van der Waals surface area contributed by atoms with Crippen LogP contribution in [0.15, 0.2) is 42.5 Å². The third-order valence-corrected chi connectivity index (χ3v) is 5.15. The van der Waals surface area contributed by atoms with Crippen molar-refractivity contribution >= 4 is 46.4 Å². The van der Waals surface area contributed by atoms with Gasteiger partial charge in [-0.05, 0) is 60.3 Å². The minimum Gasteiger partial charge on any atom is -0.362 e. The summed E-state index contributed by atoms with van der Waals surface area (Å²) in [6, 6.07) is 9.91. The predicted octanol–water partition coefficient (Wildman–Crippen LogP) is 6.11. The van der Waals surface area contributed by atoms with Crippen molar-refractivity contribution in [3.05, 3.63) is 64.4 Å². The lowest BCUT2D eigenvalue weighted by Crippen LogP contribution is -2.29. The van der Waals surface area contributed by atoms with Gasteiger partial charge >= 0.3 is 6.18 Å². The van der Waals surface area contributed by atoms with Gasteiger partial charge in [0.25, 0.3) is 0 Å². The van der Waals surface area contributed by atoms with E-state index in [0.717, 1.165) is 29.6 Å². The molecule has 9 heteroatoms. The number of benzene rings is 2. The van der Waals surface area contributed by atoms with E-state index in [1.807, 2.05) is 0 Å². The number of nitrogens with one attached hydrogen (secondary N) is 2. The van der Waals surface area contributed by atoms with Crippen molar-refractivity contribution in [1.29, 1.82) is 0 Å². The summed E-state index contributed by atoms with van der Waals surface area (Å²) in [7, 11) is 0. The standard InChI is InChI=1S/C18H17ClF4N2S2/c19-16-7-6-14(10-15(16)18(21,22)23)25-17(26)24-8-1-9-27-11-12-2-4-13(20)5-3-12/h2-7,10H,1,8-9,11H2,(H2,24,25,26). The maximum absolute atomic E-state index is 12.8. The first kappa shape index (κ1) is 21.8. The van der Waals surface area contributed by atoms with Gasteiger partial charge < -0.3 is 10.6 Å². The fourth-order valence-corrected chi connectivity index (χ4v) is 3.51. The molecular formula is C18H17ClF4N2S2. The number of thiocarbonyl (C=S) groups is 1. The van der Waals surface area contributed by atoms with Gasteiger partial charge in [-0.1, -0.05) is 23.7 Å². The second-order valence-electron chi connectivity index (χ2n) is 5.61. The summed E-state index contributed by atoms with van der Waals surface area (Å²) < 4.78 is 51.4. The Labute approximate surface area is 169 Å². The van der Waals surface area contributed by atoms with Crippen LogP contribution in [0.25, 0.3) is 0 Å². The summed E-state index contributed by atoms with van der Waals surface area (Å²) in [4.78, 5) is 0. The number of hydrogen-bond donors (Lipinski definition) is 2. The van der Waals surface area contributed by atoms with Crippen LogP contribution in [0, 0.1) is 5.82 Å². The van der Waals surface area contributed by atoms with Crippen molar-refractivity contribution in [3.8, 4) is 0 Å². The molecule has 2 nitrogen and oxygen atoms in total. The monoisotopic (exact) mass is 436 g/mol. The maximum Gasteiger partial charge on any atom is 0.417 e. The van der Waals surface area contributed by atoms with Crippen molar-refractivity contribution in [1.82, 2.24) is 5.32 Å². The summed E-state index contributed by atoms with van der Waals surface area (Å²) in [5.74, 6) is 1.40. The van der Waals surface area contributed by atoms with E-state index in [9.17, 15) is 17.6 Å². The van der Waals surface area contributed by atoms with E-state index in [1.54, 1.807) is 23.9 Å². The molecule has 0 saturated carbocycles. The highest BCUT2D eigenvalue weighted by atomic mass is 35.5. The third kappa shape index (κ3) is 7.56. The summed E-state index contributed by atoms with van der Waals surface area (Å²) >= 11 is 12.4. The van der Waals surface area contributed by atoms with Crippen LogP contribution in [-0.2, 0) is 11.9 Å². The molecule has 0 aliphatic rings. The predicted molar refractivity (Wildman–Crippen MR) is 108 cm³/mol. The molecule has 0 aliphatic heterocycles. The van der Waals surface area contributed by atoms with Crippen LogP contribution < -0.4 is 10.6 Å². The lowest BCUT2D eigenvalue weighted by Gasteiger charge is -2.14. The van der Waals surface area contributed by atoms with Crippen molar-refractivity contribution in [3.63, 3.8) is 0 Å². The molecule has 0 atom stereocenters. The normalized spacial score (nSPS) is 11.3. The molecule has 0 bridgehead atoms. The van der Waals surface area contributed by atoms with E-state index < -0.39 is 11.7 Å². The van der Waals surface area contributed by atoms with E-state index in [4.69, 9.17) is 23.8 Å². The Morgan fingerprint density at radius 1 is 1.11 bits per heavy atom. The van der Waals surface area contributed by atoms with E-state index >= 15 is 0 Å². The van der Waals surface area contributed by atoms with Crippen LogP contribution in [0.2, 0.25) is 5.02 Å². The number of hydrogen-bond acceptors (Lipinski definition) is 2. The molecule has 146 valence electrons. The molecule has 0 amide bonds. The number of thioether (sulfide) groups is 1. The summed E-state index contributed by atoms with van der Waals surface area (Å²) in [6.45, 7) is 0.585. The molecule has 2 N–H and O–H groups in total. The van der Waals surface area contributed by atoms with Gasteiger partial charge in [-0.3, -0.25) is 0 Å². The smallest absolute Gasteiger partial charge is 0.362 e. The highest BCUT2D eigenvalue weighted by Crippen LogP contribution is 2.36. The van der Waals surface area contributed by atoms with E-state index in [2.05, 4.69) is 10.6 Å².